The Kier molecular flexibility index (Phi) is 7.50. The zero-order valence-electron chi connectivity index (χ0n) is 22.2. The van der Waals surface area contributed by atoms with E-state index in [0.29, 0.717) is 25.9 Å². The second-order valence-electron chi connectivity index (χ2n) is 10.9. The zero-order chi connectivity index (χ0) is 27.7. The Balaban J connectivity index is 1.23. The number of benzene rings is 2. The summed E-state index contributed by atoms with van der Waals surface area (Å²) in [6.45, 7) is 1.06. The molecule has 3 N–H and O–H groups in total. The van der Waals surface area contributed by atoms with Crippen LogP contribution in [0.2, 0.25) is 0 Å². The zero-order valence-corrected chi connectivity index (χ0v) is 23.1. The number of likely N-dealkylation sites (tertiary alicyclic amines) is 1. The number of unbranched alkanes of at least 4 members (excludes halogenated alkanes) is 2. The van der Waals surface area contributed by atoms with Gasteiger partial charge in [-0.25, -0.2) is 4.68 Å². The molecule has 3 saturated heterocycles. The summed E-state index contributed by atoms with van der Waals surface area (Å²) in [5, 5.41) is 23.7. The van der Waals surface area contributed by atoms with Gasteiger partial charge in [0, 0.05) is 24.9 Å². The third-order valence-corrected chi connectivity index (χ3v) is 10.5. The smallest absolute Gasteiger partial charge is 0.245 e. The molecular formula is C29H34N6O4S. The fraction of sp³-hybridized carbons (Fsp3) is 0.483. The number of nitrogens with zero attached hydrogens (tertiary/aromatic N) is 4. The van der Waals surface area contributed by atoms with Gasteiger partial charge in [-0.1, -0.05) is 47.7 Å². The third kappa shape index (κ3) is 4.64. The molecule has 3 aliphatic heterocycles. The number of nitrogens with one attached hydrogen (secondary N) is 2. The average Bonchev–Trinajstić information content (AvgIpc) is 3.73. The molecule has 5 atom stereocenters. The van der Waals surface area contributed by atoms with E-state index < -0.39 is 22.6 Å². The molecule has 1 aromatic heterocycles. The Hall–Kier alpha value is -3.44. The number of aliphatic hydroxyl groups excluding tert-OH is 1. The van der Waals surface area contributed by atoms with Crippen LogP contribution < -0.4 is 10.6 Å². The van der Waals surface area contributed by atoms with Crippen molar-refractivity contribution in [2.45, 2.75) is 61.4 Å². The van der Waals surface area contributed by atoms with Gasteiger partial charge in [-0.3, -0.25) is 14.4 Å². The molecule has 210 valence electrons. The molecule has 0 saturated carbocycles. The maximum atomic E-state index is 14.0. The third-order valence-electron chi connectivity index (χ3n) is 8.54. The van der Waals surface area contributed by atoms with E-state index in [1.807, 2.05) is 54.6 Å². The highest BCUT2D eigenvalue weighted by molar-refractivity contribution is 8.02. The molecule has 4 heterocycles. The number of aliphatic hydroxyl groups is 1. The first-order valence-electron chi connectivity index (χ1n) is 14.0. The number of hydrogen-bond acceptors (Lipinski definition) is 7. The minimum atomic E-state index is -0.671. The van der Waals surface area contributed by atoms with Crippen molar-refractivity contribution in [3.05, 3.63) is 60.2 Å². The van der Waals surface area contributed by atoms with Gasteiger partial charge < -0.3 is 20.6 Å². The second kappa shape index (κ2) is 11.2. The predicted molar refractivity (Wildman–Crippen MR) is 151 cm³/mol. The van der Waals surface area contributed by atoms with E-state index in [0.717, 1.165) is 35.9 Å². The van der Waals surface area contributed by atoms with Crippen LogP contribution in [-0.4, -0.2) is 71.9 Å². The molecule has 3 fully saturated rings. The van der Waals surface area contributed by atoms with Crippen LogP contribution in [0.4, 0.5) is 0 Å². The minimum absolute atomic E-state index is 0.0100. The standard InChI is InChI=1S/C29H34N6O4S/c36-16-8-2-7-15-34-25(27(38)31-18-35-21-12-6-5-11-20(21)32-33-35)29-14-13-22(40-29)23(24(29)28(34)39)26(37)30-17-19-9-3-1-4-10-19/h1,3-6,9-12,22-25,36H,2,7-8,13-18H2,(H,30,37)(H,31,38)/t22-,23+,24-,25?,29?/m0/s1. The first-order chi connectivity index (χ1) is 19.5. The Morgan fingerprint density at radius 1 is 1.02 bits per heavy atom. The average molecular weight is 563 g/mol. The number of amides is 3. The van der Waals surface area contributed by atoms with Gasteiger partial charge in [0.15, 0.2) is 0 Å². The van der Waals surface area contributed by atoms with Gasteiger partial charge in [-0.2, -0.15) is 0 Å². The number of aromatic nitrogens is 3. The first kappa shape index (κ1) is 26.8. The van der Waals surface area contributed by atoms with Crippen molar-refractivity contribution < 1.29 is 19.5 Å². The fourth-order valence-corrected chi connectivity index (χ4v) is 8.97. The highest BCUT2D eigenvalue weighted by atomic mass is 32.2. The van der Waals surface area contributed by atoms with Crippen LogP contribution >= 0.6 is 11.8 Å². The van der Waals surface area contributed by atoms with E-state index in [-0.39, 0.29) is 36.2 Å². The van der Waals surface area contributed by atoms with Crippen LogP contribution in [0, 0.1) is 11.8 Å². The lowest BCUT2D eigenvalue weighted by atomic mass is 9.70. The van der Waals surface area contributed by atoms with Crippen LogP contribution in [0.3, 0.4) is 0 Å². The second-order valence-corrected chi connectivity index (χ2v) is 12.5. The van der Waals surface area contributed by atoms with Crippen molar-refractivity contribution in [1.29, 1.82) is 0 Å². The Bertz CT molecular complexity index is 1400. The van der Waals surface area contributed by atoms with Crippen molar-refractivity contribution >= 4 is 40.5 Å². The van der Waals surface area contributed by atoms with Gasteiger partial charge in [0.1, 0.15) is 18.2 Å². The molecule has 2 aromatic carbocycles. The van der Waals surface area contributed by atoms with Gasteiger partial charge in [-0.05, 0) is 49.8 Å². The van der Waals surface area contributed by atoms with E-state index in [1.54, 1.807) is 21.3 Å². The normalized spacial score (nSPS) is 26.8. The minimum Gasteiger partial charge on any atom is -0.396 e. The maximum Gasteiger partial charge on any atom is 0.245 e. The molecule has 2 unspecified atom stereocenters. The van der Waals surface area contributed by atoms with E-state index in [4.69, 9.17) is 0 Å². The lowest BCUT2D eigenvalue weighted by Crippen LogP contribution is -2.54. The molecule has 0 radical (unpaired) electrons. The van der Waals surface area contributed by atoms with Crippen molar-refractivity contribution in [1.82, 2.24) is 30.5 Å². The highest BCUT2D eigenvalue weighted by Crippen LogP contribution is 2.66. The molecule has 11 heteroatoms. The molecule has 0 aliphatic carbocycles. The van der Waals surface area contributed by atoms with Crippen LogP contribution in [-0.2, 0) is 27.6 Å². The van der Waals surface area contributed by atoms with Gasteiger partial charge in [0.05, 0.1) is 22.1 Å². The number of thioether (sulfide) groups is 1. The van der Waals surface area contributed by atoms with Gasteiger partial charge in [-0.15, -0.1) is 16.9 Å². The molecule has 6 rings (SSSR count). The van der Waals surface area contributed by atoms with E-state index in [2.05, 4.69) is 20.9 Å². The number of rotatable bonds is 11. The molecule has 2 bridgehead atoms. The molecule has 1 spiro atoms. The summed E-state index contributed by atoms with van der Waals surface area (Å²) < 4.78 is 1.01. The highest BCUT2D eigenvalue weighted by Gasteiger charge is 2.73. The number of hydrogen-bond donors (Lipinski definition) is 3. The summed E-state index contributed by atoms with van der Waals surface area (Å²) in [6, 6.07) is 16.6. The van der Waals surface area contributed by atoms with Gasteiger partial charge in [0.25, 0.3) is 0 Å². The molecule has 3 amide bonds. The molecule has 3 aliphatic rings. The number of carbonyl (C=O) groups is 3. The fourth-order valence-electron chi connectivity index (χ4n) is 6.75. The monoisotopic (exact) mass is 562 g/mol. The molecule has 40 heavy (non-hydrogen) atoms. The molecule has 10 nitrogen and oxygen atoms in total. The van der Waals surface area contributed by atoms with Crippen molar-refractivity contribution in [3.8, 4) is 0 Å². The SMILES string of the molecule is O=C(NCn1nnc2ccccc21)C1N(CCCCCO)C(=O)[C@@H]2[C@H](C(=O)NCc3ccccc3)[C@@H]3CCC12S3. The molecule has 3 aromatic rings. The summed E-state index contributed by atoms with van der Waals surface area (Å²) in [5.74, 6) is -1.45. The van der Waals surface area contributed by atoms with Crippen LogP contribution in [0.5, 0.6) is 0 Å². The van der Waals surface area contributed by atoms with Crippen molar-refractivity contribution in [2.24, 2.45) is 11.8 Å². The predicted octanol–water partition coefficient (Wildman–Crippen LogP) is 2.08. The van der Waals surface area contributed by atoms with Gasteiger partial charge in [0.2, 0.25) is 17.7 Å². The first-order valence-corrected chi connectivity index (χ1v) is 14.9. The largest absolute Gasteiger partial charge is 0.396 e. The lowest BCUT2D eigenvalue weighted by Gasteiger charge is -2.34. The quantitative estimate of drug-likeness (QED) is 0.305. The summed E-state index contributed by atoms with van der Waals surface area (Å²) in [4.78, 5) is 43.2. The number of fused-ring (bicyclic) bond motifs is 2. The van der Waals surface area contributed by atoms with Crippen LogP contribution in [0.15, 0.2) is 54.6 Å². The van der Waals surface area contributed by atoms with Crippen LogP contribution in [0.25, 0.3) is 11.0 Å². The van der Waals surface area contributed by atoms with Crippen LogP contribution in [0.1, 0.15) is 37.7 Å². The Morgan fingerprint density at radius 2 is 1.82 bits per heavy atom. The summed E-state index contributed by atoms with van der Waals surface area (Å²) in [6.07, 6.45) is 3.61. The Morgan fingerprint density at radius 3 is 2.65 bits per heavy atom. The van der Waals surface area contributed by atoms with Crippen molar-refractivity contribution in [2.75, 3.05) is 13.2 Å². The summed E-state index contributed by atoms with van der Waals surface area (Å²) in [7, 11) is 0. The van der Waals surface area contributed by atoms with Gasteiger partial charge >= 0.3 is 0 Å². The van der Waals surface area contributed by atoms with E-state index in [9.17, 15) is 19.5 Å². The Labute approximate surface area is 236 Å². The summed E-state index contributed by atoms with van der Waals surface area (Å²) in [5.41, 5.74) is 2.56. The lowest BCUT2D eigenvalue weighted by molar-refractivity contribution is -0.140. The van der Waals surface area contributed by atoms with Crippen molar-refractivity contribution in [3.63, 3.8) is 0 Å². The number of carbonyl (C=O) groups excluding carboxylic acids is 3. The van der Waals surface area contributed by atoms with E-state index >= 15 is 0 Å². The number of para-hydroxylation sites is 1. The maximum absolute atomic E-state index is 14.0. The van der Waals surface area contributed by atoms with E-state index in [1.165, 1.54) is 0 Å². The topological polar surface area (TPSA) is 129 Å². The summed E-state index contributed by atoms with van der Waals surface area (Å²) >= 11 is 1.66. The molecular weight excluding hydrogens is 528 g/mol.